The van der Waals surface area contributed by atoms with Gasteiger partial charge in [-0.1, -0.05) is 85.0 Å². The van der Waals surface area contributed by atoms with Crippen molar-refractivity contribution in [1.82, 2.24) is 30.2 Å². The van der Waals surface area contributed by atoms with E-state index in [0.717, 1.165) is 91.6 Å². The molecule has 0 spiro atoms. The highest BCUT2D eigenvalue weighted by Gasteiger charge is 2.41. The number of alkyl halides is 1. The molecule has 7 rings (SSSR count). The lowest BCUT2D eigenvalue weighted by molar-refractivity contribution is -0.140. The Morgan fingerprint density at radius 1 is 0.536 bits per heavy atom. The molecule has 69 heavy (non-hydrogen) atoms. The standard InChI is InChI=1S/C56H75IN8O4/c1-8-55(60(4)5,51(66)46-18-22-48(23-19-46)62-30-26-58-27-31-62)38-42-10-14-44(15-11-42)41(3)53(68)64-34-36-65(37-35-64)54(69)50(40-57)45-16-12-43(13-17-45)39-56(9-2,61(6)7)52(67)47-20-24-49(25-21-47)63-32-28-59-29-33-63/h10-25,41,50,58-59H,8-9,26-40H2,1-7H3. The molecule has 4 aromatic carbocycles. The number of nitrogens with zero attached hydrogens (tertiary/aromatic N) is 6. The molecule has 4 aromatic rings. The van der Waals surface area contributed by atoms with E-state index < -0.39 is 11.1 Å². The second kappa shape index (κ2) is 23.5. The van der Waals surface area contributed by atoms with Crippen LogP contribution in [0.25, 0.3) is 0 Å². The van der Waals surface area contributed by atoms with Crippen LogP contribution < -0.4 is 20.4 Å². The minimum absolute atomic E-state index is 0.0538. The number of likely N-dealkylation sites (N-methyl/N-ethyl adjacent to an activating group) is 2. The van der Waals surface area contributed by atoms with Crippen molar-refractivity contribution in [2.75, 3.05) is 121 Å². The fourth-order valence-corrected chi connectivity index (χ4v) is 11.6. The molecule has 3 heterocycles. The minimum atomic E-state index is -0.719. The molecule has 0 aliphatic carbocycles. The van der Waals surface area contributed by atoms with E-state index in [1.54, 1.807) is 0 Å². The molecule has 4 atom stereocenters. The Bertz CT molecular complexity index is 2340. The molecule has 4 unspecified atom stereocenters. The number of amides is 2. The molecule has 2 amide bonds. The van der Waals surface area contributed by atoms with E-state index in [9.17, 15) is 19.2 Å². The molecule has 0 radical (unpaired) electrons. The lowest BCUT2D eigenvalue weighted by Crippen LogP contribution is -2.52. The van der Waals surface area contributed by atoms with Crippen molar-refractivity contribution in [2.45, 2.75) is 69.4 Å². The SMILES string of the molecule is CCC(Cc1ccc(C(C)C(=O)N2CCN(C(=O)C(CI)c3ccc(CC(CC)(C(=O)c4ccc(N5CCNCC5)cc4)N(C)C)cc3)CC2)cc1)(C(=O)c1ccc(N2CCNCC2)cc1)N(C)C. The zero-order chi connectivity index (χ0) is 49.3. The predicted octanol–water partition coefficient (Wildman–Crippen LogP) is 6.77. The third kappa shape index (κ3) is 11.6. The van der Waals surface area contributed by atoms with E-state index >= 15 is 0 Å². The Kier molecular flexibility index (Phi) is 17.8. The Balaban J connectivity index is 0.933. The molecule has 3 aliphatic heterocycles. The number of benzene rings is 4. The summed E-state index contributed by atoms with van der Waals surface area (Å²) in [6.07, 6.45) is 2.42. The smallest absolute Gasteiger partial charge is 0.231 e. The van der Waals surface area contributed by atoms with E-state index in [2.05, 4.69) is 127 Å². The summed E-state index contributed by atoms with van der Waals surface area (Å²) in [5, 5.41) is 6.80. The lowest BCUT2D eigenvalue weighted by atomic mass is 9.80. The van der Waals surface area contributed by atoms with Crippen LogP contribution in [-0.4, -0.2) is 165 Å². The van der Waals surface area contributed by atoms with Gasteiger partial charge in [-0.3, -0.25) is 29.0 Å². The highest BCUT2D eigenvalue weighted by Crippen LogP contribution is 2.33. The molecule has 370 valence electrons. The molecule has 3 fully saturated rings. The van der Waals surface area contributed by atoms with Crippen LogP contribution in [0.3, 0.4) is 0 Å². The molecule has 2 N–H and O–H groups in total. The number of rotatable bonds is 19. The summed E-state index contributed by atoms with van der Waals surface area (Å²) in [7, 11) is 7.96. The predicted molar refractivity (Wildman–Crippen MR) is 289 cm³/mol. The zero-order valence-corrected chi connectivity index (χ0v) is 44.3. The summed E-state index contributed by atoms with van der Waals surface area (Å²) in [5.41, 5.74) is 6.28. The topological polar surface area (TPSA) is 112 Å². The van der Waals surface area contributed by atoms with Gasteiger partial charge in [0.1, 0.15) is 0 Å². The largest absolute Gasteiger partial charge is 0.369 e. The average molecular weight is 1050 g/mol. The first kappa shape index (κ1) is 52.2. The first-order valence-corrected chi connectivity index (χ1v) is 26.6. The van der Waals surface area contributed by atoms with E-state index in [4.69, 9.17) is 0 Å². The molecule has 0 aromatic heterocycles. The number of hydrogen-bond acceptors (Lipinski definition) is 10. The third-order valence-corrected chi connectivity index (χ3v) is 16.4. The van der Waals surface area contributed by atoms with Crippen LogP contribution in [0.2, 0.25) is 0 Å². The van der Waals surface area contributed by atoms with Crippen LogP contribution in [0.4, 0.5) is 11.4 Å². The van der Waals surface area contributed by atoms with Gasteiger partial charge in [-0.15, -0.1) is 0 Å². The maximum atomic E-state index is 14.3. The van der Waals surface area contributed by atoms with Crippen LogP contribution >= 0.6 is 22.6 Å². The number of nitrogens with one attached hydrogen (secondary N) is 2. The van der Waals surface area contributed by atoms with E-state index in [1.807, 2.05) is 81.3 Å². The van der Waals surface area contributed by atoms with Crippen LogP contribution in [0.15, 0.2) is 97.1 Å². The average Bonchev–Trinajstić information content (AvgIpc) is 3.40. The van der Waals surface area contributed by atoms with Gasteiger partial charge in [-0.25, -0.2) is 0 Å². The van der Waals surface area contributed by atoms with Crippen molar-refractivity contribution in [3.05, 3.63) is 130 Å². The maximum Gasteiger partial charge on any atom is 0.231 e. The zero-order valence-electron chi connectivity index (χ0n) is 42.1. The summed E-state index contributed by atoms with van der Waals surface area (Å²) >= 11 is 2.31. The van der Waals surface area contributed by atoms with E-state index in [1.165, 1.54) is 0 Å². The highest BCUT2D eigenvalue weighted by molar-refractivity contribution is 14.1. The molecule has 3 saturated heterocycles. The van der Waals surface area contributed by atoms with Gasteiger partial charge in [0.2, 0.25) is 11.8 Å². The van der Waals surface area contributed by atoms with Crippen molar-refractivity contribution in [3.8, 4) is 0 Å². The molecular weight excluding hydrogens is 976 g/mol. The Morgan fingerprint density at radius 3 is 1.25 bits per heavy atom. The van der Waals surface area contributed by atoms with Gasteiger partial charge in [0.05, 0.1) is 22.9 Å². The highest BCUT2D eigenvalue weighted by atomic mass is 127. The van der Waals surface area contributed by atoms with Gasteiger partial charge in [0.15, 0.2) is 11.6 Å². The summed E-state index contributed by atoms with van der Waals surface area (Å²) < 4.78 is 0.632. The van der Waals surface area contributed by atoms with Gasteiger partial charge < -0.3 is 30.2 Å². The van der Waals surface area contributed by atoms with Crippen molar-refractivity contribution in [3.63, 3.8) is 0 Å². The number of carbonyl (C=O) groups is 4. The lowest BCUT2D eigenvalue weighted by Gasteiger charge is -2.38. The number of anilines is 2. The quantitative estimate of drug-likeness (QED) is 0.0594. The fourth-order valence-electron chi connectivity index (χ4n) is 10.7. The Hall–Kier alpha value is -4.67. The number of Topliss-reactive ketones (excluding diaryl/α,β-unsaturated/α-hetero) is 2. The number of carbonyl (C=O) groups excluding carboxylic acids is 4. The normalized spacial score (nSPS) is 18.4. The van der Waals surface area contributed by atoms with Gasteiger partial charge >= 0.3 is 0 Å². The number of halogens is 1. The van der Waals surface area contributed by atoms with E-state index in [-0.39, 0.29) is 35.2 Å². The number of piperazine rings is 3. The van der Waals surface area contributed by atoms with Gasteiger partial charge in [0.25, 0.3) is 0 Å². The van der Waals surface area contributed by atoms with E-state index in [0.29, 0.717) is 61.9 Å². The summed E-state index contributed by atoms with van der Waals surface area (Å²) in [5.74, 6) is -0.296. The first-order chi connectivity index (χ1) is 33.2. The van der Waals surface area contributed by atoms with Crippen molar-refractivity contribution < 1.29 is 19.2 Å². The monoisotopic (exact) mass is 1050 g/mol. The van der Waals surface area contributed by atoms with Crippen LogP contribution in [-0.2, 0) is 22.4 Å². The molecule has 12 nitrogen and oxygen atoms in total. The second-order valence-corrected chi connectivity index (χ2v) is 20.6. The molecular formula is C56H75IN8O4. The minimum Gasteiger partial charge on any atom is -0.369 e. The van der Waals surface area contributed by atoms with Crippen molar-refractivity contribution in [2.24, 2.45) is 0 Å². The van der Waals surface area contributed by atoms with Crippen LogP contribution in [0, 0.1) is 0 Å². The number of ketones is 2. The fraction of sp³-hybridized carbons (Fsp3) is 0.500. The second-order valence-electron chi connectivity index (χ2n) is 19.7. The summed E-state index contributed by atoms with van der Waals surface area (Å²) in [6.45, 7) is 15.7. The number of hydrogen-bond donors (Lipinski definition) is 2. The van der Waals surface area contributed by atoms with Gasteiger partial charge in [0, 0.05) is 105 Å². The van der Waals surface area contributed by atoms with Crippen molar-refractivity contribution >= 4 is 57.3 Å². The van der Waals surface area contributed by atoms with Gasteiger partial charge in [-0.2, -0.15) is 0 Å². The third-order valence-electron chi connectivity index (χ3n) is 15.5. The van der Waals surface area contributed by atoms with Crippen molar-refractivity contribution in [1.29, 1.82) is 0 Å². The molecule has 0 bridgehead atoms. The Morgan fingerprint density at radius 2 is 0.899 bits per heavy atom. The van der Waals surface area contributed by atoms with Crippen LogP contribution in [0.5, 0.6) is 0 Å². The first-order valence-electron chi connectivity index (χ1n) is 25.1. The maximum absolute atomic E-state index is 14.3. The molecule has 13 heteroatoms. The molecule has 0 saturated carbocycles. The Labute approximate surface area is 425 Å². The van der Waals surface area contributed by atoms with Gasteiger partial charge in [-0.05, 0) is 132 Å². The summed E-state index contributed by atoms with van der Waals surface area (Å²) in [6, 6.07) is 32.7. The summed E-state index contributed by atoms with van der Waals surface area (Å²) in [4.78, 5) is 69.3. The van der Waals surface area contributed by atoms with Crippen LogP contribution in [0.1, 0.15) is 88.4 Å². The molecule has 3 aliphatic rings.